The number of carbonyl (C=O) groups excluding carboxylic acids is 2. The van der Waals surface area contributed by atoms with Gasteiger partial charge in [-0.25, -0.2) is 0 Å². The van der Waals surface area contributed by atoms with Crippen LogP contribution in [0.5, 0.6) is 0 Å². The molecule has 3 rings (SSSR count). The van der Waals surface area contributed by atoms with Crippen molar-refractivity contribution in [3.63, 3.8) is 0 Å². The van der Waals surface area contributed by atoms with E-state index in [0.29, 0.717) is 6.35 Å². The van der Waals surface area contributed by atoms with Crippen molar-refractivity contribution in [1.82, 2.24) is 0 Å². The Hall–Kier alpha value is -2.97. The van der Waals surface area contributed by atoms with Gasteiger partial charge in [-0.05, 0) is 43.3 Å². The van der Waals surface area contributed by atoms with Crippen LogP contribution in [-0.2, 0) is 14.3 Å². The lowest BCUT2D eigenvalue weighted by Crippen LogP contribution is -2.34. The normalized spacial score (nSPS) is 10.4. The number of hydrogen-bond donors (Lipinski definition) is 0. The number of carboxylic acid groups (broad SMARTS) is 1. The standard InChI is InChI=1S/C21H20O2P.C2H4O2/c1-18(22)23-17-24(19-11-5-2-6-12-19,20-13-7-3-8-14-20)21-15-9-4-10-16-21;1-2(3)4/h2-16H,17H2,1H3;1H3,(H,3,4)/q+1;/p-1. The third-order valence-corrected chi connectivity index (χ3v) is 8.11. The Morgan fingerprint density at radius 1 is 0.714 bits per heavy atom. The number of carboxylic acids is 1. The minimum Gasteiger partial charge on any atom is -0.550 e. The fourth-order valence-corrected chi connectivity index (χ4v) is 6.67. The number of aliphatic carboxylic acids is 1. The average Bonchev–Trinajstić information content (AvgIpc) is 2.70. The number of benzene rings is 3. The molecule has 0 aliphatic rings. The van der Waals surface area contributed by atoms with Crippen molar-refractivity contribution in [2.75, 3.05) is 6.35 Å². The molecule has 28 heavy (non-hydrogen) atoms. The largest absolute Gasteiger partial charge is 0.550 e. The molecule has 0 atom stereocenters. The first kappa shape index (κ1) is 21.3. The molecule has 3 aromatic rings. The molecule has 4 nitrogen and oxygen atoms in total. The number of esters is 1. The smallest absolute Gasteiger partial charge is 0.305 e. The van der Waals surface area contributed by atoms with Gasteiger partial charge in [0, 0.05) is 12.9 Å². The summed E-state index contributed by atoms with van der Waals surface area (Å²) in [5, 5.41) is 12.5. The Balaban J connectivity index is 0.000000640. The fraction of sp³-hybridized carbons (Fsp3) is 0.130. The summed E-state index contributed by atoms with van der Waals surface area (Å²) >= 11 is 0. The molecular weight excluding hydrogens is 371 g/mol. The average molecular weight is 394 g/mol. The first-order valence-corrected chi connectivity index (χ1v) is 10.8. The predicted molar refractivity (Wildman–Crippen MR) is 112 cm³/mol. The van der Waals surface area contributed by atoms with Crippen molar-refractivity contribution in [2.45, 2.75) is 13.8 Å². The molecule has 0 aliphatic carbocycles. The van der Waals surface area contributed by atoms with E-state index in [1.807, 2.05) is 54.6 Å². The van der Waals surface area contributed by atoms with Crippen LogP contribution in [0.4, 0.5) is 0 Å². The van der Waals surface area contributed by atoms with Gasteiger partial charge < -0.3 is 14.6 Å². The van der Waals surface area contributed by atoms with Crippen molar-refractivity contribution in [2.24, 2.45) is 0 Å². The summed E-state index contributed by atoms with van der Waals surface area (Å²) < 4.78 is 5.58. The Labute approximate surface area is 166 Å². The summed E-state index contributed by atoms with van der Waals surface area (Å²) in [4.78, 5) is 20.5. The van der Waals surface area contributed by atoms with Gasteiger partial charge in [0.05, 0.1) is 0 Å². The van der Waals surface area contributed by atoms with Crippen molar-refractivity contribution < 1.29 is 19.4 Å². The monoisotopic (exact) mass is 394 g/mol. The maximum Gasteiger partial charge on any atom is 0.305 e. The number of carbonyl (C=O) groups is 2. The van der Waals surface area contributed by atoms with E-state index in [1.54, 1.807) is 0 Å². The fourth-order valence-electron chi connectivity index (χ4n) is 2.91. The van der Waals surface area contributed by atoms with Crippen LogP contribution in [0.1, 0.15) is 13.8 Å². The lowest BCUT2D eigenvalue weighted by Gasteiger charge is -2.26. The van der Waals surface area contributed by atoms with Crippen molar-refractivity contribution in [3.05, 3.63) is 91.0 Å². The van der Waals surface area contributed by atoms with Gasteiger partial charge in [0.1, 0.15) is 15.9 Å². The van der Waals surface area contributed by atoms with Crippen LogP contribution in [0, 0.1) is 0 Å². The van der Waals surface area contributed by atoms with Crippen molar-refractivity contribution in [3.8, 4) is 0 Å². The second kappa shape index (κ2) is 10.4. The van der Waals surface area contributed by atoms with Crippen LogP contribution in [-0.4, -0.2) is 18.3 Å². The highest BCUT2D eigenvalue weighted by Crippen LogP contribution is 2.55. The van der Waals surface area contributed by atoms with Crippen LogP contribution in [0.3, 0.4) is 0 Å². The van der Waals surface area contributed by atoms with Crippen LogP contribution < -0.4 is 21.0 Å². The molecule has 5 heteroatoms. The van der Waals surface area contributed by atoms with E-state index in [1.165, 1.54) is 22.8 Å². The molecule has 0 aromatic heterocycles. The molecule has 0 heterocycles. The zero-order chi connectivity index (χ0) is 20.4. The third kappa shape index (κ3) is 5.51. The number of rotatable bonds is 5. The molecule has 0 aliphatic heterocycles. The highest BCUT2D eigenvalue weighted by molar-refractivity contribution is 7.95. The van der Waals surface area contributed by atoms with Gasteiger partial charge in [0.2, 0.25) is 6.35 Å². The summed E-state index contributed by atoms with van der Waals surface area (Å²) in [7, 11) is -2.05. The Bertz CT molecular complexity index is 780. The first-order chi connectivity index (χ1) is 13.5. The maximum absolute atomic E-state index is 11.6. The third-order valence-electron chi connectivity index (χ3n) is 4.05. The molecule has 0 saturated heterocycles. The first-order valence-electron chi connectivity index (χ1n) is 8.82. The Morgan fingerprint density at radius 2 is 1.00 bits per heavy atom. The zero-order valence-electron chi connectivity index (χ0n) is 15.9. The molecule has 0 spiro atoms. The number of ether oxygens (including phenoxy) is 1. The van der Waals surface area contributed by atoms with Gasteiger partial charge >= 0.3 is 5.97 Å². The predicted octanol–water partition coefficient (Wildman–Crippen LogP) is 2.26. The molecule has 0 bridgehead atoms. The molecule has 0 N–H and O–H groups in total. The molecule has 0 amide bonds. The summed E-state index contributed by atoms with van der Waals surface area (Å²) in [5.74, 6) is -1.33. The summed E-state index contributed by atoms with van der Waals surface area (Å²) in [6.07, 6.45) is 0.375. The molecule has 0 fully saturated rings. The second-order valence-electron chi connectivity index (χ2n) is 6.07. The van der Waals surface area contributed by atoms with Gasteiger partial charge in [0.25, 0.3) is 0 Å². The minimum atomic E-state index is -2.05. The van der Waals surface area contributed by atoms with E-state index >= 15 is 0 Å². The summed E-state index contributed by atoms with van der Waals surface area (Å²) in [6, 6.07) is 31.1. The summed E-state index contributed by atoms with van der Waals surface area (Å²) in [5.41, 5.74) is 0. The van der Waals surface area contributed by atoms with Crippen LogP contribution >= 0.6 is 7.26 Å². The van der Waals surface area contributed by atoms with Crippen molar-refractivity contribution in [1.29, 1.82) is 0 Å². The zero-order valence-corrected chi connectivity index (χ0v) is 16.8. The molecule has 0 saturated carbocycles. The molecule has 3 aromatic carbocycles. The lowest BCUT2D eigenvalue weighted by molar-refractivity contribution is -0.302. The van der Waals surface area contributed by atoms with E-state index in [0.717, 1.165) is 6.92 Å². The molecule has 0 unspecified atom stereocenters. The van der Waals surface area contributed by atoms with E-state index < -0.39 is 13.2 Å². The van der Waals surface area contributed by atoms with E-state index in [2.05, 4.69) is 36.4 Å². The molecule has 0 radical (unpaired) electrons. The topological polar surface area (TPSA) is 66.4 Å². The van der Waals surface area contributed by atoms with Gasteiger partial charge in [-0.2, -0.15) is 0 Å². The highest BCUT2D eigenvalue weighted by Gasteiger charge is 2.46. The highest BCUT2D eigenvalue weighted by atomic mass is 31.2. The molecular formula is C23H23O4P. The van der Waals surface area contributed by atoms with Crippen LogP contribution in [0.15, 0.2) is 91.0 Å². The van der Waals surface area contributed by atoms with Gasteiger partial charge in [-0.1, -0.05) is 54.6 Å². The number of hydrogen-bond acceptors (Lipinski definition) is 4. The maximum atomic E-state index is 11.6. The lowest BCUT2D eigenvalue weighted by atomic mass is 10.4. The second-order valence-corrected chi connectivity index (χ2v) is 9.50. The Kier molecular flexibility index (Phi) is 7.91. The SMILES string of the molecule is CC(=O)OC[P+](c1ccccc1)(c1ccccc1)c1ccccc1.CC(=O)[O-]. The minimum absolute atomic E-state index is 0.248. The quantitative estimate of drug-likeness (QED) is 0.492. The van der Waals surface area contributed by atoms with Gasteiger partial charge in [-0.15, -0.1) is 0 Å². The van der Waals surface area contributed by atoms with E-state index in [9.17, 15) is 4.79 Å². The van der Waals surface area contributed by atoms with E-state index in [-0.39, 0.29) is 5.97 Å². The molecule has 144 valence electrons. The Morgan fingerprint density at radius 3 is 1.25 bits per heavy atom. The summed E-state index contributed by atoms with van der Waals surface area (Å²) in [6.45, 7) is 2.44. The van der Waals surface area contributed by atoms with Gasteiger partial charge in [-0.3, -0.25) is 4.79 Å². The van der Waals surface area contributed by atoms with Gasteiger partial charge in [0.15, 0.2) is 7.26 Å². The van der Waals surface area contributed by atoms with E-state index in [4.69, 9.17) is 14.6 Å². The van der Waals surface area contributed by atoms with Crippen molar-refractivity contribution >= 4 is 35.1 Å². The van der Waals surface area contributed by atoms with Crippen LogP contribution in [0.2, 0.25) is 0 Å². The van der Waals surface area contributed by atoms with Crippen LogP contribution in [0.25, 0.3) is 0 Å².